The van der Waals surface area contributed by atoms with Crippen LogP contribution in [-0.4, -0.2) is 25.0 Å². The van der Waals surface area contributed by atoms with Crippen LogP contribution in [0.25, 0.3) is 5.57 Å². The van der Waals surface area contributed by atoms with Crippen LogP contribution >= 0.6 is 0 Å². The third-order valence-corrected chi connectivity index (χ3v) is 4.76. The molecule has 1 aliphatic heterocycles. The van der Waals surface area contributed by atoms with Crippen LogP contribution in [0, 0.1) is 0 Å². The number of ether oxygens (including phenoxy) is 1. The molecule has 0 unspecified atom stereocenters. The van der Waals surface area contributed by atoms with Gasteiger partial charge < -0.3 is 21.1 Å². The topological polar surface area (TPSA) is 93.4 Å². The van der Waals surface area contributed by atoms with E-state index in [0.717, 1.165) is 16.8 Å². The lowest BCUT2D eigenvalue weighted by Crippen LogP contribution is -2.28. The average Bonchev–Trinajstić information content (AvgIpc) is 2.99. The molecule has 3 rings (SSSR count). The van der Waals surface area contributed by atoms with Gasteiger partial charge in [0.15, 0.2) is 0 Å². The molecule has 152 valence electrons. The summed E-state index contributed by atoms with van der Waals surface area (Å²) in [5.41, 5.74) is 10.3. The van der Waals surface area contributed by atoms with Crippen molar-refractivity contribution >= 4 is 28.8 Å². The van der Waals surface area contributed by atoms with Crippen molar-refractivity contribution in [1.82, 2.24) is 0 Å². The predicted molar refractivity (Wildman–Crippen MR) is 116 cm³/mol. The van der Waals surface area contributed by atoms with Crippen molar-refractivity contribution in [2.45, 2.75) is 32.7 Å². The summed E-state index contributed by atoms with van der Waals surface area (Å²) in [5.74, 6) is -0.550. The van der Waals surface area contributed by atoms with Gasteiger partial charge in [-0.1, -0.05) is 24.3 Å². The fourth-order valence-corrected chi connectivity index (χ4v) is 3.19. The summed E-state index contributed by atoms with van der Waals surface area (Å²) in [6.07, 6.45) is 2.60. The van der Waals surface area contributed by atoms with Crippen LogP contribution in [0.4, 0.5) is 11.4 Å². The van der Waals surface area contributed by atoms with Crippen LogP contribution in [0.5, 0.6) is 0 Å². The lowest BCUT2D eigenvalue weighted by atomic mass is 9.96. The number of benzene rings is 2. The lowest BCUT2D eigenvalue weighted by molar-refractivity contribution is -0.110. The smallest absolute Gasteiger partial charge is 0.338 e. The maximum Gasteiger partial charge on any atom is 0.338 e. The van der Waals surface area contributed by atoms with Gasteiger partial charge in [0.05, 0.1) is 12.2 Å². The first-order valence-corrected chi connectivity index (χ1v) is 9.76. The summed E-state index contributed by atoms with van der Waals surface area (Å²) in [6, 6.07) is 13.2. The van der Waals surface area contributed by atoms with E-state index in [4.69, 9.17) is 10.5 Å². The number of nitrogens with one attached hydrogen (secondary N) is 2. The first kappa shape index (κ1) is 20.6. The largest absolute Gasteiger partial charge is 0.462 e. The monoisotopic (exact) mass is 393 g/mol. The molecular formula is C23H27N3O3. The third kappa shape index (κ3) is 4.84. The fourth-order valence-electron chi connectivity index (χ4n) is 3.19. The van der Waals surface area contributed by atoms with E-state index in [1.807, 2.05) is 44.2 Å². The molecule has 0 aliphatic carbocycles. The van der Waals surface area contributed by atoms with Gasteiger partial charge in [-0.15, -0.1) is 0 Å². The Morgan fingerprint density at radius 1 is 1.21 bits per heavy atom. The van der Waals surface area contributed by atoms with Crippen LogP contribution in [0.3, 0.4) is 0 Å². The highest BCUT2D eigenvalue weighted by Gasteiger charge is 2.25. The van der Waals surface area contributed by atoms with Gasteiger partial charge in [0.1, 0.15) is 0 Å². The fraction of sp³-hybridized carbons (Fsp3) is 0.304. The number of hydrogen-bond donors (Lipinski definition) is 3. The zero-order valence-corrected chi connectivity index (χ0v) is 17.0. The molecule has 29 heavy (non-hydrogen) atoms. The van der Waals surface area contributed by atoms with Crippen molar-refractivity contribution in [2.24, 2.45) is 5.73 Å². The standard InChI is InChI=1S/C23H27N3O3/c1-4-29-22(28)15-7-12-18-19(21(27)26-20(18)14-15)6-5-13-25-17-10-8-16(9-11-17)23(2,3)24/h6-12,14,25H,4-5,13,24H2,1-3H3,(H,26,27). The predicted octanol–water partition coefficient (Wildman–Crippen LogP) is 3.89. The summed E-state index contributed by atoms with van der Waals surface area (Å²) in [7, 11) is 0. The van der Waals surface area contributed by atoms with E-state index >= 15 is 0 Å². The number of esters is 1. The highest BCUT2D eigenvalue weighted by molar-refractivity contribution is 6.31. The van der Waals surface area contributed by atoms with Gasteiger partial charge in [-0.3, -0.25) is 4.79 Å². The van der Waals surface area contributed by atoms with Crippen LogP contribution < -0.4 is 16.4 Å². The van der Waals surface area contributed by atoms with Crippen LogP contribution in [-0.2, 0) is 15.1 Å². The molecular weight excluding hydrogens is 366 g/mol. The molecule has 0 atom stereocenters. The summed E-state index contributed by atoms with van der Waals surface area (Å²) in [5, 5.41) is 6.16. The van der Waals surface area contributed by atoms with E-state index in [1.165, 1.54) is 0 Å². The molecule has 4 N–H and O–H groups in total. The molecule has 0 saturated carbocycles. The van der Waals surface area contributed by atoms with Gasteiger partial charge in [-0.25, -0.2) is 4.79 Å². The Morgan fingerprint density at radius 3 is 2.59 bits per heavy atom. The van der Waals surface area contributed by atoms with Gasteiger partial charge in [0.25, 0.3) is 5.91 Å². The van der Waals surface area contributed by atoms with E-state index in [-0.39, 0.29) is 11.4 Å². The van der Waals surface area contributed by atoms with Gasteiger partial charge in [0, 0.05) is 34.6 Å². The van der Waals surface area contributed by atoms with Gasteiger partial charge >= 0.3 is 5.97 Å². The molecule has 0 saturated heterocycles. The number of fused-ring (bicyclic) bond motifs is 1. The van der Waals surface area contributed by atoms with Crippen molar-refractivity contribution in [3.63, 3.8) is 0 Å². The first-order chi connectivity index (χ1) is 13.8. The van der Waals surface area contributed by atoms with Crippen LogP contribution in [0.2, 0.25) is 0 Å². The van der Waals surface area contributed by atoms with Gasteiger partial charge in [-0.05, 0) is 57.0 Å². The number of amides is 1. The minimum absolute atomic E-state index is 0.157. The number of hydrogen-bond acceptors (Lipinski definition) is 5. The Labute approximate surface area is 171 Å². The summed E-state index contributed by atoms with van der Waals surface area (Å²) in [4.78, 5) is 24.2. The normalized spacial score (nSPS) is 14.5. The molecule has 6 heteroatoms. The summed E-state index contributed by atoms with van der Waals surface area (Å²) < 4.78 is 5.01. The molecule has 0 bridgehead atoms. The number of anilines is 2. The van der Waals surface area contributed by atoms with Crippen LogP contribution in [0.15, 0.2) is 48.5 Å². The molecule has 2 aromatic carbocycles. The molecule has 0 spiro atoms. The number of rotatable bonds is 7. The van der Waals surface area contributed by atoms with E-state index in [9.17, 15) is 9.59 Å². The Balaban J connectivity index is 1.62. The second kappa shape index (κ2) is 8.49. The molecule has 1 amide bonds. The third-order valence-electron chi connectivity index (χ3n) is 4.76. The minimum atomic E-state index is -0.393. The quantitative estimate of drug-likeness (QED) is 0.377. The molecule has 0 radical (unpaired) electrons. The highest BCUT2D eigenvalue weighted by atomic mass is 16.5. The van der Waals surface area contributed by atoms with Gasteiger partial charge in [-0.2, -0.15) is 0 Å². The zero-order valence-electron chi connectivity index (χ0n) is 17.0. The Bertz CT molecular complexity index is 941. The van der Waals surface area contributed by atoms with Crippen molar-refractivity contribution in [3.8, 4) is 0 Å². The van der Waals surface area contributed by atoms with E-state index in [1.54, 1.807) is 25.1 Å². The molecule has 1 heterocycles. The molecule has 1 aliphatic rings. The molecule has 0 fully saturated rings. The average molecular weight is 393 g/mol. The Hall–Kier alpha value is -3.12. The number of carbonyl (C=O) groups excluding carboxylic acids is 2. The maximum absolute atomic E-state index is 12.3. The van der Waals surface area contributed by atoms with Gasteiger partial charge in [0.2, 0.25) is 0 Å². The van der Waals surface area contributed by atoms with Crippen molar-refractivity contribution in [3.05, 3.63) is 65.2 Å². The molecule has 6 nitrogen and oxygen atoms in total. The van der Waals surface area contributed by atoms with Crippen LogP contribution in [0.1, 0.15) is 48.7 Å². The number of nitrogens with two attached hydrogens (primary N) is 1. The summed E-state index contributed by atoms with van der Waals surface area (Å²) >= 11 is 0. The second-order valence-electron chi connectivity index (χ2n) is 7.57. The first-order valence-electron chi connectivity index (χ1n) is 9.76. The maximum atomic E-state index is 12.3. The lowest BCUT2D eigenvalue weighted by Gasteiger charge is -2.19. The van der Waals surface area contributed by atoms with E-state index in [0.29, 0.717) is 36.4 Å². The van der Waals surface area contributed by atoms with E-state index in [2.05, 4.69) is 10.6 Å². The molecule has 0 aromatic heterocycles. The van der Waals surface area contributed by atoms with Crippen molar-refractivity contribution in [1.29, 1.82) is 0 Å². The number of carbonyl (C=O) groups is 2. The van der Waals surface area contributed by atoms with Crippen molar-refractivity contribution < 1.29 is 14.3 Å². The van der Waals surface area contributed by atoms with Crippen molar-refractivity contribution in [2.75, 3.05) is 23.8 Å². The Kier molecular flexibility index (Phi) is 6.03. The second-order valence-corrected chi connectivity index (χ2v) is 7.57. The molecule has 2 aromatic rings. The zero-order chi connectivity index (χ0) is 21.0. The minimum Gasteiger partial charge on any atom is -0.462 e. The summed E-state index contributed by atoms with van der Waals surface area (Å²) in [6.45, 7) is 6.71. The SMILES string of the molecule is CCOC(=O)c1ccc2c(c1)NC(=O)C2=CCCNc1ccc(C(C)(C)N)cc1. The highest BCUT2D eigenvalue weighted by Crippen LogP contribution is 2.33. The Morgan fingerprint density at radius 2 is 1.93 bits per heavy atom. The van der Waals surface area contributed by atoms with E-state index < -0.39 is 5.97 Å².